The minimum absolute atomic E-state index is 0.0931. The molecular formula is C21H33N3O. The second-order valence-electron chi connectivity index (χ2n) is 7.57. The highest BCUT2D eigenvalue weighted by molar-refractivity contribution is 5.74. The molecule has 2 saturated heterocycles. The molecule has 1 aromatic carbocycles. The molecule has 0 aromatic heterocycles. The molecule has 2 heterocycles. The molecule has 0 bridgehead atoms. The van der Waals surface area contributed by atoms with Crippen LogP contribution in [0.4, 0.5) is 4.79 Å². The van der Waals surface area contributed by atoms with Crippen LogP contribution in [0.1, 0.15) is 62.5 Å². The van der Waals surface area contributed by atoms with Crippen LogP contribution in [0.2, 0.25) is 0 Å². The standard InChI is InChI=1S/C21H33N3O/c25-21(24-15-7-3-4-8-16-24)22-17-19-9-11-20(12-10-19)18-23-13-5-1-2-6-14-23/h9-12H,1-8,13-18H2,(H,22,25). The molecule has 0 spiro atoms. The van der Waals surface area contributed by atoms with E-state index >= 15 is 0 Å². The average Bonchev–Trinajstić information content (AvgIpc) is 3.06. The molecule has 25 heavy (non-hydrogen) atoms. The van der Waals surface area contributed by atoms with E-state index in [4.69, 9.17) is 0 Å². The Kier molecular flexibility index (Phi) is 7.16. The Morgan fingerprint density at radius 1 is 0.760 bits per heavy atom. The maximum Gasteiger partial charge on any atom is 0.317 e. The maximum atomic E-state index is 12.3. The molecule has 4 heteroatoms. The van der Waals surface area contributed by atoms with Gasteiger partial charge in [-0.2, -0.15) is 0 Å². The van der Waals surface area contributed by atoms with E-state index < -0.39 is 0 Å². The van der Waals surface area contributed by atoms with E-state index in [9.17, 15) is 4.79 Å². The van der Waals surface area contributed by atoms with E-state index in [-0.39, 0.29) is 6.03 Å². The van der Waals surface area contributed by atoms with Gasteiger partial charge >= 0.3 is 6.03 Å². The summed E-state index contributed by atoms with van der Waals surface area (Å²) in [6.07, 6.45) is 10.2. The molecular weight excluding hydrogens is 310 g/mol. The summed E-state index contributed by atoms with van der Waals surface area (Å²) in [4.78, 5) is 16.8. The minimum atomic E-state index is 0.0931. The summed E-state index contributed by atoms with van der Waals surface area (Å²) in [5.74, 6) is 0. The minimum Gasteiger partial charge on any atom is -0.334 e. The Morgan fingerprint density at radius 2 is 1.28 bits per heavy atom. The first kappa shape index (κ1) is 18.2. The van der Waals surface area contributed by atoms with Crippen molar-refractivity contribution in [2.75, 3.05) is 26.2 Å². The van der Waals surface area contributed by atoms with Crippen molar-refractivity contribution >= 4 is 6.03 Å². The number of carbonyl (C=O) groups is 1. The lowest BCUT2D eigenvalue weighted by molar-refractivity contribution is 0.199. The summed E-state index contributed by atoms with van der Waals surface area (Å²) in [5, 5.41) is 3.08. The maximum absolute atomic E-state index is 12.3. The Morgan fingerprint density at radius 3 is 1.88 bits per heavy atom. The Balaban J connectivity index is 1.44. The zero-order chi connectivity index (χ0) is 17.3. The highest BCUT2D eigenvalue weighted by Gasteiger charge is 2.15. The lowest BCUT2D eigenvalue weighted by Crippen LogP contribution is -2.40. The molecule has 3 rings (SSSR count). The van der Waals surface area contributed by atoms with Crippen LogP contribution in [0, 0.1) is 0 Å². The first-order valence-corrected chi connectivity index (χ1v) is 10.1. The van der Waals surface area contributed by atoms with Crippen molar-refractivity contribution < 1.29 is 4.79 Å². The number of rotatable bonds is 4. The molecule has 2 fully saturated rings. The van der Waals surface area contributed by atoms with Gasteiger partial charge in [-0.05, 0) is 49.9 Å². The molecule has 0 unspecified atom stereocenters. The van der Waals surface area contributed by atoms with Gasteiger partial charge in [-0.3, -0.25) is 4.90 Å². The monoisotopic (exact) mass is 343 g/mol. The van der Waals surface area contributed by atoms with Crippen molar-refractivity contribution in [3.05, 3.63) is 35.4 Å². The molecule has 4 nitrogen and oxygen atoms in total. The number of urea groups is 1. The molecule has 2 aliphatic heterocycles. The smallest absolute Gasteiger partial charge is 0.317 e. The van der Waals surface area contributed by atoms with Crippen molar-refractivity contribution in [3.63, 3.8) is 0 Å². The summed E-state index contributed by atoms with van der Waals surface area (Å²) in [6, 6.07) is 8.86. The molecule has 138 valence electrons. The summed E-state index contributed by atoms with van der Waals surface area (Å²) >= 11 is 0. The molecule has 0 aliphatic carbocycles. The number of carbonyl (C=O) groups excluding carboxylic acids is 1. The van der Waals surface area contributed by atoms with Crippen molar-refractivity contribution in [2.45, 2.75) is 64.5 Å². The predicted octanol–water partition coefficient (Wildman–Crippen LogP) is 4.15. The Hall–Kier alpha value is -1.55. The SMILES string of the molecule is O=C(NCc1ccc(CN2CCCCCC2)cc1)N1CCCCCC1. The van der Waals surface area contributed by atoms with Crippen LogP contribution in [0.3, 0.4) is 0 Å². The highest BCUT2D eigenvalue weighted by atomic mass is 16.2. The van der Waals surface area contributed by atoms with Crippen molar-refractivity contribution in [1.29, 1.82) is 0 Å². The zero-order valence-electron chi connectivity index (χ0n) is 15.5. The van der Waals surface area contributed by atoms with Crippen LogP contribution in [0.25, 0.3) is 0 Å². The summed E-state index contributed by atoms with van der Waals surface area (Å²) in [5.41, 5.74) is 2.56. The van der Waals surface area contributed by atoms with Gasteiger partial charge in [0.1, 0.15) is 0 Å². The molecule has 1 N–H and O–H groups in total. The van der Waals surface area contributed by atoms with Gasteiger partial charge in [0.2, 0.25) is 0 Å². The van der Waals surface area contributed by atoms with Gasteiger partial charge < -0.3 is 10.2 Å². The molecule has 2 aliphatic rings. The number of nitrogens with one attached hydrogen (secondary N) is 1. The molecule has 1 aromatic rings. The van der Waals surface area contributed by atoms with Gasteiger partial charge in [0.05, 0.1) is 0 Å². The van der Waals surface area contributed by atoms with E-state index in [1.165, 1.54) is 62.7 Å². The van der Waals surface area contributed by atoms with Crippen LogP contribution >= 0.6 is 0 Å². The summed E-state index contributed by atoms with van der Waals surface area (Å²) < 4.78 is 0. The normalized spacial score (nSPS) is 19.9. The fraction of sp³-hybridized carbons (Fsp3) is 0.667. The molecule has 0 saturated carbocycles. The molecule has 2 amide bonds. The summed E-state index contributed by atoms with van der Waals surface area (Å²) in [6.45, 7) is 5.95. The second kappa shape index (κ2) is 9.81. The number of hydrogen-bond donors (Lipinski definition) is 1. The Bertz CT molecular complexity index is 512. The fourth-order valence-corrected chi connectivity index (χ4v) is 3.88. The first-order chi connectivity index (χ1) is 12.3. The first-order valence-electron chi connectivity index (χ1n) is 10.1. The van der Waals surface area contributed by atoms with E-state index in [1.807, 2.05) is 4.90 Å². The van der Waals surface area contributed by atoms with Gasteiger partial charge in [0.25, 0.3) is 0 Å². The average molecular weight is 344 g/mol. The largest absolute Gasteiger partial charge is 0.334 e. The van der Waals surface area contributed by atoms with Crippen LogP contribution in [-0.4, -0.2) is 42.0 Å². The molecule has 0 radical (unpaired) electrons. The van der Waals surface area contributed by atoms with E-state index in [0.717, 1.165) is 32.5 Å². The number of amides is 2. The van der Waals surface area contributed by atoms with Gasteiger partial charge in [-0.1, -0.05) is 49.9 Å². The van der Waals surface area contributed by atoms with Crippen LogP contribution in [0.5, 0.6) is 0 Å². The lowest BCUT2D eigenvalue weighted by Gasteiger charge is -2.21. The van der Waals surface area contributed by atoms with E-state index in [2.05, 4.69) is 34.5 Å². The number of likely N-dealkylation sites (tertiary alicyclic amines) is 2. The van der Waals surface area contributed by atoms with Gasteiger partial charge in [0.15, 0.2) is 0 Å². The van der Waals surface area contributed by atoms with Crippen molar-refractivity contribution in [2.24, 2.45) is 0 Å². The zero-order valence-corrected chi connectivity index (χ0v) is 15.5. The third-order valence-electron chi connectivity index (χ3n) is 5.46. The predicted molar refractivity (Wildman–Crippen MR) is 102 cm³/mol. The highest BCUT2D eigenvalue weighted by Crippen LogP contribution is 2.14. The Labute approximate surface area is 152 Å². The quantitative estimate of drug-likeness (QED) is 0.891. The number of hydrogen-bond acceptors (Lipinski definition) is 2. The molecule has 0 atom stereocenters. The van der Waals surface area contributed by atoms with Crippen LogP contribution in [0.15, 0.2) is 24.3 Å². The van der Waals surface area contributed by atoms with Gasteiger partial charge in [-0.15, -0.1) is 0 Å². The van der Waals surface area contributed by atoms with Crippen molar-refractivity contribution in [3.8, 4) is 0 Å². The van der Waals surface area contributed by atoms with E-state index in [1.54, 1.807) is 0 Å². The third kappa shape index (κ3) is 6.03. The fourth-order valence-electron chi connectivity index (χ4n) is 3.88. The van der Waals surface area contributed by atoms with Gasteiger partial charge in [-0.25, -0.2) is 4.79 Å². The number of nitrogens with zero attached hydrogens (tertiary/aromatic N) is 2. The van der Waals surface area contributed by atoms with Crippen LogP contribution < -0.4 is 5.32 Å². The van der Waals surface area contributed by atoms with E-state index in [0.29, 0.717) is 6.54 Å². The van der Waals surface area contributed by atoms with Crippen LogP contribution in [-0.2, 0) is 13.1 Å². The topological polar surface area (TPSA) is 35.6 Å². The lowest BCUT2D eigenvalue weighted by atomic mass is 10.1. The summed E-state index contributed by atoms with van der Waals surface area (Å²) in [7, 11) is 0. The van der Waals surface area contributed by atoms with Gasteiger partial charge in [0, 0.05) is 26.2 Å². The third-order valence-corrected chi connectivity index (χ3v) is 5.46. The number of benzene rings is 1. The van der Waals surface area contributed by atoms with Crippen molar-refractivity contribution in [1.82, 2.24) is 15.1 Å². The second-order valence-corrected chi connectivity index (χ2v) is 7.57.